The number of aromatic nitrogens is 1. The first-order valence-electron chi connectivity index (χ1n) is 6.45. The van der Waals surface area contributed by atoms with Crippen LogP contribution in [0.25, 0.3) is 0 Å². The van der Waals surface area contributed by atoms with Crippen molar-refractivity contribution in [2.75, 3.05) is 6.61 Å². The van der Waals surface area contributed by atoms with Gasteiger partial charge in [-0.2, -0.15) is 0 Å². The molecule has 1 aromatic carbocycles. The standard InChI is InChI=1S/C15H14BrClN2O/c16-12-2-1-4-19-14(12)13(18)8-10-7-11(17)6-9-3-5-20-15(9)10/h1-2,4,6-7,13H,3,5,8,18H2. The molecule has 2 aromatic rings. The Balaban J connectivity index is 1.90. The third-order valence-electron chi connectivity index (χ3n) is 3.40. The van der Waals surface area contributed by atoms with Crippen molar-refractivity contribution in [2.24, 2.45) is 5.73 Å². The minimum atomic E-state index is -0.197. The molecule has 1 atom stereocenters. The lowest BCUT2D eigenvalue weighted by atomic mass is 10.00. The van der Waals surface area contributed by atoms with Crippen molar-refractivity contribution in [2.45, 2.75) is 18.9 Å². The van der Waals surface area contributed by atoms with Gasteiger partial charge in [-0.25, -0.2) is 0 Å². The number of ether oxygens (including phenoxy) is 1. The van der Waals surface area contributed by atoms with E-state index in [0.29, 0.717) is 13.0 Å². The number of rotatable bonds is 3. The third-order valence-corrected chi connectivity index (χ3v) is 4.29. The van der Waals surface area contributed by atoms with Gasteiger partial charge in [-0.15, -0.1) is 0 Å². The van der Waals surface area contributed by atoms with Gasteiger partial charge in [-0.1, -0.05) is 11.6 Å². The van der Waals surface area contributed by atoms with Crippen molar-refractivity contribution in [3.05, 3.63) is 56.8 Å². The lowest BCUT2D eigenvalue weighted by molar-refractivity contribution is 0.352. The first-order valence-corrected chi connectivity index (χ1v) is 7.62. The van der Waals surface area contributed by atoms with Crippen molar-refractivity contribution in [3.63, 3.8) is 0 Å². The summed E-state index contributed by atoms with van der Waals surface area (Å²) in [6.07, 6.45) is 3.31. The first-order chi connectivity index (χ1) is 9.65. The third kappa shape index (κ3) is 2.68. The van der Waals surface area contributed by atoms with Crippen LogP contribution in [0.1, 0.15) is 22.9 Å². The molecule has 2 N–H and O–H groups in total. The second kappa shape index (κ2) is 5.72. The van der Waals surface area contributed by atoms with Gasteiger partial charge in [0.05, 0.1) is 18.3 Å². The Bertz CT molecular complexity index is 648. The molecule has 0 aliphatic carbocycles. The van der Waals surface area contributed by atoms with Crippen molar-refractivity contribution in [1.29, 1.82) is 0 Å². The highest BCUT2D eigenvalue weighted by molar-refractivity contribution is 9.10. The van der Waals surface area contributed by atoms with Crippen LogP contribution in [0.5, 0.6) is 5.75 Å². The van der Waals surface area contributed by atoms with Crippen LogP contribution in [-0.4, -0.2) is 11.6 Å². The molecular weight excluding hydrogens is 340 g/mol. The van der Waals surface area contributed by atoms with Gasteiger partial charge in [0.15, 0.2) is 0 Å². The Hall–Kier alpha value is -1.10. The highest BCUT2D eigenvalue weighted by atomic mass is 79.9. The van der Waals surface area contributed by atoms with Crippen LogP contribution in [0.3, 0.4) is 0 Å². The number of benzene rings is 1. The summed E-state index contributed by atoms with van der Waals surface area (Å²) in [5.41, 5.74) is 9.34. The lowest BCUT2D eigenvalue weighted by Crippen LogP contribution is -2.16. The van der Waals surface area contributed by atoms with Crippen LogP contribution in [-0.2, 0) is 12.8 Å². The normalized spacial score (nSPS) is 14.8. The maximum absolute atomic E-state index is 6.28. The van der Waals surface area contributed by atoms with Crippen molar-refractivity contribution < 1.29 is 4.74 Å². The maximum atomic E-state index is 6.28. The van der Waals surface area contributed by atoms with Crippen LogP contribution in [0.2, 0.25) is 5.02 Å². The van der Waals surface area contributed by atoms with Crippen LogP contribution in [0, 0.1) is 0 Å². The molecule has 0 saturated carbocycles. The van der Waals surface area contributed by atoms with E-state index in [1.54, 1.807) is 6.20 Å². The minimum Gasteiger partial charge on any atom is -0.493 e. The molecule has 0 spiro atoms. The predicted molar refractivity (Wildman–Crippen MR) is 83.2 cm³/mol. The first kappa shape index (κ1) is 13.9. The molecule has 0 bridgehead atoms. The second-order valence-corrected chi connectivity index (χ2v) is 6.12. The number of fused-ring (bicyclic) bond motifs is 1. The molecule has 0 fully saturated rings. The summed E-state index contributed by atoms with van der Waals surface area (Å²) in [5.74, 6) is 0.942. The summed E-state index contributed by atoms with van der Waals surface area (Å²) in [6, 6.07) is 7.52. The van der Waals surface area contributed by atoms with Crippen LogP contribution >= 0.6 is 27.5 Å². The van der Waals surface area contributed by atoms with Gasteiger partial charge in [0.2, 0.25) is 0 Å². The molecule has 1 aliphatic heterocycles. The zero-order valence-corrected chi connectivity index (χ0v) is 13.1. The van der Waals surface area contributed by atoms with Crippen LogP contribution in [0.4, 0.5) is 0 Å². The Morgan fingerprint density at radius 2 is 2.30 bits per heavy atom. The van der Waals surface area contributed by atoms with E-state index >= 15 is 0 Å². The van der Waals surface area contributed by atoms with Crippen LogP contribution in [0.15, 0.2) is 34.9 Å². The average molecular weight is 354 g/mol. The van der Waals surface area contributed by atoms with Crippen molar-refractivity contribution >= 4 is 27.5 Å². The van der Waals surface area contributed by atoms with Gasteiger partial charge in [0.1, 0.15) is 5.75 Å². The van der Waals surface area contributed by atoms with E-state index in [2.05, 4.69) is 20.9 Å². The summed E-state index contributed by atoms with van der Waals surface area (Å²) in [7, 11) is 0. The molecule has 1 aliphatic rings. The summed E-state index contributed by atoms with van der Waals surface area (Å²) in [5, 5.41) is 0.733. The fourth-order valence-corrected chi connectivity index (χ4v) is 3.31. The van der Waals surface area contributed by atoms with Crippen molar-refractivity contribution in [1.82, 2.24) is 4.98 Å². The molecule has 1 unspecified atom stereocenters. The Kier molecular flexibility index (Phi) is 3.96. The monoisotopic (exact) mass is 352 g/mol. The Morgan fingerprint density at radius 1 is 1.45 bits per heavy atom. The number of pyridine rings is 1. The molecule has 20 heavy (non-hydrogen) atoms. The molecule has 5 heteroatoms. The van der Waals surface area contributed by atoms with E-state index in [1.165, 1.54) is 5.56 Å². The maximum Gasteiger partial charge on any atom is 0.125 e. The Morgan fingerprint density at radius 3 is 3.10 bits per heavy atom. The van der Waals surface area contributed by atoms with Gasteiger partial charge >= 0.3 is 0 Å². The summed E-state index contributed by atoms with van der Waals surface area (Å²) >= 11 is 9.66. The fourth-order valence-electron chi connectivity index (χ4n) is 2.50. The molecular formula is C15H14BrClN2O. The summed E-state index contributed by atoms with van der Waals surface area (Å²) in [6.45, 7) is 0.713. The molecule has 2 heterocycles. The quantitative estimate of drug-likeness (QED) is 0.916. The van der Waals surface area contributed by atoms with Gasteiger partial charge in [-0.3, -0.25) is 4.98 Å². The van der Waals surface area contributed by atoms with Crippen LogP contribution < -0.4 is 10.5 Å². The van der Waals surface area contributed by atoms with Gasteiger partial charge in [0, 0.05) is 22.1 Å². The fraction of sp³-hybridized carbons (Fsp3) is 0.267. The molecule has 0 radical (unpaired) electrons. The SMILES string of the molecule is NC(Cc1cc(Cl)cc2c1OCC2)c1ncccc1Br. The largest absolute Gasteiger partial charge is 0.493 e. The molecule has 1 aromatic heterocycles. The minimum absolute atomic E-state index is 0.197. The van der Waals surface area contributed by atoms with E-state index in [9.17, 15) is 0 Å². The van der Waals surface area contributed by atoms with Gasteiger partial charge in [-0.05, 0) is 57.7 Å². The lowest BCUT2D eigenvalue weighted by Gasteiger charge is -2.15. The highest BCUT2D eigenvalue weighted by Gasteiger charge is 2.20. The zero-order chi connectivity index (χ0) is 14.1. The molecule has 0 saturated heterocycles. The van der Waals surface area contributed by atoms with E-state index in [0.717, 1.165) is 32.9 Å². The Labute approximate surface area is 131 Å². The van der Waals surface area contributed by atoms with Gasteiger partial charge in [0.25, 0.3) is 0 Å². The second-order valence-electron chi connectivity index (χ2n) is 4.83. The molecule has 0 amide bonds. The number of nitrogens with two attached hydrogens (primary N) is 1. The average Bonchev–Trinajstić information content (AvgIpc) is 2.87. The molecule has 104 valence electrons. The number of nitrogens with zero attached hydrogens (tertiary/aromatic N) is 1. The van der Waals surface area contributed by atoms with E-state index in [-0.39, 0.29) is 6.04 Å². The smallest absolute Gasteiger partial charge is 0.125 e. The summed E-state index contributed by atoms with van der Waals surface area (Å²) in [4.78, 5) is 4.34. The molecule has 3 rings (SSSR count). The van der Waals surface area contributed by atoms with E-state index in [4.69, 9.17) is 22.1 Å². The van der Waals surface area contributed by atoms with E-state index < -0.39 is 0 Å². The van der Waals surface area contributed by atoms with Gasteiger partial charge < -0.3 is 10.5 Å². The topological polar surface area (TPSA) is 48.1 Å². The highest BCUT2D eigenvalue weighted by Crippen LogP contribution is 2.35. The van der Waals surface area contributed by atoms with Crippen molar-refractivity contribution in [3.8, 4) is 5.75 Å². The number of hydrogen-bond donors (Lipinski definition) is 1. The predicted octanol–water partition coefficient (Wildman–Crippen LogP) is 3.67. The number of hydrogen-bond acceptors (Lipinski definition) is 3. The number of halogens is 2. The van der Waals surface area contributed by atoms with E-state index in [1.807, 2.05) is 24.3 Å². The molecule has 3 nitrogen and oxygen atoms in total. The zero-order valence-electron chi connectivity index (χ0n) is 10.8. The summed E-state index contributed by atoms with van der Waals surface area (Å²) < 4.78 is 6.63.